The lowest BCUT2D eigenvalue weighted by atomic mass is 10.1. The lowest BCUT2D eigenvalue weighted by Gasteiger charge is -2.26. The van der Waals surface area contributed by atoms with Crippen LogP contribution in [0.1, 0.15) is 36.7 Å². The van der Waals surface area contributed by atoms with Crippen molar-refractivity contribution >= 4 is 27.6 Å². The van der Waals surface area contributed by atoms with Gasteiger partial charge in [0.05, 0.1) is 18.6 Å². The van der Waals surface area contributed by atoms with Crippen LogP contribution >= 0.6 is 0 Å². The summed E-state index contributed by atoms with van der Waals surface area (Å²) >= 11 is 0. The minimum atomic E-state index is -3.94. The van der Waals surface area contributed by atoms with E-state index in [1.807, 2.05) is 0 Å². The molecule has 0 saturated carbocycles. The molecule has 1 N–H and O–H groups in total. The number of carbonyl (C=O) groups is 2. The number of anilines is 1. The molecule has 2 aromatic carbocycles. The first-order valence-electron chi connectivity index (χ1n) is 9.83. The van der Waals surface area contributed by atoms with Crippen LogP contribution in [0.15, 0.2) is 47.4 Å². The van der Waals surface area contributed by atoms with Gasteiger partial charge in [0.1, 0.15) is 12.3 Å². The Morgan fingerprint density at radius 2 is 1.74 bits per heavy atom. The molecule has 0 bridgehead atoms. The van der Waals surface area contributed by atoms with Crippen molar-refractivity contribution in [1.82, 2.24) is 4.90 Å². The van der Waals surface area contributed by atoms with Crippen LogP contribution in [0.25, 0.3) is 0 Å². The van der Waals surface area contributed by atoms with Gasteiger partial charge in [-0.3, -0.25) is 14.3 Å². The SMILES string of the molecule is CCOC(=O)CN(C(=O)c1cc(S(=O)(=O)Nc2ccc(OC)cc2)ccc1C)C(C)C. The summed E-state index contributed by atoms with van der Waals surface area (Å²) in [5.74, 6) is -0.365. The second kappa shape index (κ2) is 10.3. The maximum atomic E-state index is 13.1. The molecule has 0 aliphatic carbocycles. The van der Waals surface area contributed by atoms with E-state index < -0.39 is 21.9 Å². The van der Waals surface area contributed by atoms with Gasteiger partial charge in [0.25, 0.3) is 15.9 Å². The third kappa shape index (κ3) is 6.21. The first-order valence-corrected chi connectivity index (χ1v) is 11.3. The second-order valence-corrected chi connectivity index (χ2v) is 8.82. The number of nitrogens with one attached hydrogen (secondary N) is 1. The van der Waals surface area contributed by atoms with E-state index in [0.29, 0.717) is 17.0 Å². The van der Waals surface area contributed by atoms with E-state index in [1.54, 1.807) is 58.0 Å². The normalized spacial score (nSPS) is 11.2. The molecule has 0 heterocycles. The Hall–Kier alpha value is -3.07. The third-order valence-electron chi connectivity index (χ3n) is 4.58. The van der Waals surface area contributed by atoms with Crippen LogP contribution in [-0.4, -0.2) is 51.5 Å². The lowest BCUT2D eigenvalue weighted by molar-refractivity contribution is -0.144. The zero-order chi connectivity index (χ0) is 23.2. The van der Waals surface area contributed by atoms with E-state index in [-0.39, 0.29) is 29.7 Å². The number of ether oxygens (including phenoxy) is 2. The molecule has 0 aliphatic rings. The van der Waals surface area contributed by atoms with Crippen LogP contribution in [0.2, 0.25) is 0 Å². The van der Waals surface area contributed by atoms with Crippen molar-refractivity contribution in [2.45, 2.75) is 38.6 Å². The Bertz CT molecular complexity index is 1030. The van der Waals surface area contributed by atoms with Gasteiger partial charge in [-0.15, -0.1) is 0 Å². The highest BCUT2D eigenvalue weighted by Crippen LogP contribution is 2.22. The first-order chi connectivity index (χ1) is 14.6. The van der Waals surface area contributed by atoms with Crippen molar-refractivity contribution in [1.29, 1.82) is 0 Å². The number of benzene rings is 2. The quantitative estimate of drug-likeness (QED) is 0.591. The highest BCUT2D eigenvalue weighted by Gasteiger charge is 2.25. The maximum absolute atomic E-state index is 13.1. The predicted molar refractivity (Wildman–Crippen MR) is 118 cm³/mol. The molecule has 1 amide bonds. The van der Waals surface area contributed by atoms with Gasteiger partial charge in [0, 0.05) is 17.3 Å². The Labute approximate surface area is 183 Å². The Balaban J connectivity index is 2.34. The Morgan fingerprint density at radius 1 is 1.10 bits per heavy atom. The summed E-state index contributed by atoms with van der Waals surface area (Å²) in [5.41, 5.74) is 1.17. The molecule has 8 nitrogen and oxygen atoms in total. The summed E-state index contributed by atoms with van der Waals surface area (Å²) in [7, 11) is -2.42. The van der Waals surface area contributed by atoms with Crippen LogP contribution in [0.4, 0.5) is 5.69 Å². The van der Waals surface area contributed by atoms with E-state index in [4.69, 9.17) is 9.47 Å². The smallest absolute Gasteiger partial charge is 0.325 e. The fourth-order valence-electron chi connectivity index (χ4n) is 2.86. The molecule has 0 aromatic heterocycles. The minimum absolute atomic E-state index is 0.0582. The fraction of sp³-hybridized carbons (Fsp3) is 0.364. The maximum Gasteiger partial charge on any atom is 0.325 e. The monoisotopic (exact) mass is 448 g/mol. The molecule has 0 unspecified atom stereocenters. The molecule has 2 rings (SSSR count). The number of rotatable bonds is 9. The molecule has 168 valence electrons. The standard InChI is InChI=1S/C22H28N2O6S/c1-6-30-21(25)14-24(15(2)3)22(26)20-13-19(12-7-16(20)4)31(27,28)23-17-8-10-18(29-5)11-9-17/h7-13,15,23H,6,14H2,1-5H3. The molecule has 0 saturated heterocycles. The van der Waals surface area contributed by atoms with Crippen LogP contribution in [0, 0.1) is 6.92 Å². The van der Waals surface area contributed by atoms with Crippen molar-refractivity contribution in [3.63, 3.8) is 0 Å². The number of sulfonamides is 1. The Morgan fingerprint density at radius 3 is 2.29 bits per heavy atom. The molecule has 0 spiro atoms. The summed E-state index contributed by atoms with van der Waals surface area (Å²) in [6, 6.07) is 10.5. The molecular weight excluding hydrogens is 420 g/mol. The zero-order valence-corrected chi connectivity index (χ0v) is 19.2. The van der Waals surface area contributed by atoms with Gasteiger partial charge in [0.2, 0.25) is 0 Å². The molecule has 9 heteroatoms. The van der Waals surface area contributed by atoms with E-state index in [2.05, 4.69) is 4.72 Å². The number of amides is 1. The molecule has 0 fully saturated rings. The summed E-state index contributed by atoms with van der Waals surface area (Å²) in [5, 5.41) is 0. The first kappa shape index (κ1) is 24.2. The van der Waals surface area contributed by atoms with E-state index in [0.717, 1.165) is 0 Å². The molecule has 0 radical (unpaired) electrons. The fourth-order valence-corrected chi connectivity index (χ4v) is 3.95. The van der Waals surface area contributed by atoms with Crippen LogP contribution in [-0.2, 0) is 19.6 Å². The van der Waals surface area contributed by atoms with Crippen LogP contribution < -0.4 is 9.46 Å². The summed E-state index contributed by atoms with van der Waals surface area (Å²) in [4.78, 5) is 26.4. The predicted octanol–water partition coefficient (Wildman–Crippen LogP) is 3.22. The van der Waals surface area contributed by atoms with Crippen molar-refractivity contribution in [2.75, 3.05) is 25.0 Å². The molecule has 0 atom stereocenters. The Kier molecular flexibility index (Phi) is 8.04. The average Bonchev–Trinajstić information content (AvgIpc) is 2.72. The minimum Gasteiger partial charge on any atom is -0.497 e. The molecular formula is C22H28N2O6S. The number of methoxy groups -OCH3 is 1. The van der Waals surface area contributed by atoms with Gasteiger partial charge in [0.15, 0.2) is 0 Å². The van der Waals surface area contributed by atoms with Gasteiger partial charge in [-0.05, 0) is 69.7 Å². The largest absolute Gasteiger partial charge is 0.497 e. The average molecular weight is 449 g/mol. The highest BCUT2D eigenvalue weighted by atomic mass is 32.2. The summed E-state index contributed by atoms with van der Waals surface area (Å²) < 4.78 is 38.2. The topological polar surface area (TPSA) is 102 Å². The number of hydrogen-bond acceptors (Lipinski definition) is 6. The van der Waals surface area contributed by atoms with Crippen molar-refractivity contribution in [2.24, 2.45) is 0 Å². The number of esters is 1. The molecule has 31 heavy (non-hydrogen) atoms. The van der Waals surface area contributed by atoms with Gasteiger partial charge in [-0.2, -0.15) is 0 Å². The van der Waals surface area contributed by atoms with E-state index in [9.17, 15) is 18.0 Å². The van der Waals surface area contributed by atoms with Crippen LogP contribution in [0.5, 0.6) is 5.75 Å². The van der Waals surface area contributed by atoms with Gasteiger partial charge < -0.3 is 14.4 Å². The molecule has 2 aromatic rings. The third-order valence-corrected chi connectivity index (χ3v) is 5.96. The number of hydrogen-bond donors (Lipinski definition) is 1. The van der Waals surface area contributed by atoms with Gasteiger partial charge in [-0.25, -0.2) is 8.42 Å². The zero-order valence-electron chi connectivity index (χ0n) is 18.3. The summed E-state index contributed by atoms with van der Waals surface area (Å²) in [6.07, 6.45) is 0. The van der Waals surface area contributed by atoms with Crippen LogP contribution in [0.3, 0.4) is 0 Å². The number of aryl methyl sites for hydroxylation is 1. The number of nitrogens with zero attached hydrogens (tertiary/aromatic N) is 1. The van der Waals surface area contributed by atoms with Crippen molar-refractivity contribution in [3.8, 4) is 5.75 Å². The molecule has 0 aliphatic heterocycles. The van der Waals surface area contributed by atoms with E-state index in [1.165, 1.54) is 24.1 Å². The van der Waals surface area contributed by atoms with E-state index >= 15 is 0 Å². The lowest BCUT2D eigenvalue weighted by Crippen LogP contribution is -2.41. The van der Waals surface area contributed by atoms with Gasteiger partial charge in [-0.1, -0.05) is 6.07 Å². The number of carbonyl (C=O) groups excluding carboxylic acids is 2. The highest BCUT2D eigenvalue weighted by molar-refractivity contribution is 7.92. The van der Waals surface area contributed by atoms with Crippen molar-refractivity contribution in [3.05, 3.63) is 53.6 Å². The summed E-state index contributed by atoms with van der Waals surface area (Å²) in [6.45, 7) is 6.95. The second-order valence-electron chi connectivity index (χ2n) is 7.14. The van der Waals surface area contributed by atoms with Crippen molar-refractivity contribution < 1.29 is 27.5 Å². The van der Waals surface area contributed by atoms with Gasteiger partial charge >= 0.3 is 5.97 Å².